The van der Waals surface area contributed by atoms with E-state index in [1.807, 2.05) is 18.2 Å². The lowest BCUT2D eigenvalue weighted by atomic mass is 10.1. The number of nitrogens with one attached hydrogen (secondary N) is 1. The summed E-state index contributed by atoms with van der Waals surface area (Å²) in [5, 5.41) is 12.2. The van der Waals surface area contributed by atoms with Crippen molar-refractivity contribution in [3.63, 3.8) is 0 Å². The zero-order chi connectivity index (χ0) is 20.1. The Hall–Kier alpha value is -3.63. The van der Waals surface area contributed by atoms with Gasteiger partial charge in [-0.05, 0) is 37.3 Å². The molecule has 3 rings (SSSR count). The van der Waals surface area contributed by atoms with Crippen molar-refractivity contribution in [1.29, 1.82) is 5.26 Å². The molecule has 0 aliphatic carbocycles. The van der Waals surface area contributed by atoms with E-state index in [9.17, 15) is 9.59 Å². The van der Waals surface area contributed by atoms with Crippen LogP contribution in [-0.4, -0.2) is 25.1 Å². The van der Waals surface area contributed by atoms with E-state index in [1.54, 1.807) is 36.4 Å². The van der Waals surface area contributed by atoms with E-state index in [2.05, 4.69) is 5.32 Å². The quantitative estimate of drug-likeness (QED) is 0.657. The van der Waals surface area contributed by atoms with Crippen LogP contribution in [0.15, 0.2) is 52.9 Å². The smallest absolute Gasteiger partial charge is 0.375 e. The predicted molar refractivity (Wildman–Crippen MR) is 102 cm³/mol. The number of furan rings is 1. The highest BCUT2D eigenvalue weighted by Gasteiger charge is 2.25. The van der Waals surface area contributed by atoms with Crippen LogP contribution in [0, 0.1) is 11.3 Å². The number of methoxy groups -OCH3 is 1. The molecule has 1 heterocycles. The largest absolute Gasteiger partial charge is 0.449 e. The fraction of sp³-hybridized carbons (Fsp3) is 0.190. The van der Waals surface area contributed by atoms with Crippen molar-refractivity contribution in [3.8, 4) is 6.07 Å². The first-order valence-electron chi connectivity index (χ1n) is 8.55. The third kappa shape index (κ3) is 4.03. The third-order valence-electron chi connectivity index (χ3n) is 4.11. The van der Waals surface area contributed by atoms with Crippen LogP contribution in [0.3, 0.4) is 0 Å². The van der Waals surface area contributed by atoms with Crippen molar-refractivity contribution in [2.24, 2.45) is 0 Å². The van der Waals surface area contributed by atoms with E-state index >= 15 is 0 Å². The fourth-order valence-electron chi connectivity index (χ4n) is 2.69. The van der Waals surface area contributed by atoms with E-state index in [0.717, 1.165) is 5.39 Å². The standard InChI is InChI=1S/C21H18N2O5/c1-13(20(24)23-15-9-7-14(11-22)8-10-15)27-21(25)19-17(12-26-2)16-5-3-4-6-18(16)28-19/h3-10,13H,12H2,1-2H3,(H,23,24)/t13-/m1/s1. The minimum absolute atomic E-state index is 0.0149. The molecule has 1 N–H and O–H groups in total. The minimum atomic E-state index is -1.05. The summed E-state index contributed by atoms with van der Waals surface area (Å²) in [5.74, 6) is -1.23. The molecule has 0 fully saturated rings. The molecule has 28 heavy (non-hydrogen) atoms. The fourth-order valence-corrected chi connectivity index (χ4v) is 2.69. The zero-order valence-electron chi connectivity index (χ0n) is 15.4. The highest BCUT2D eigenvalue weighted by atomic mass is 16.6. The van der Waals surface area contributed by atoms with Gasteiger partial charge in [-0.2, -0.15) is 5.26 Å². The zero-order valence-corrected chi connectivity index (χ0v) is 15.4. The number of benzene rings is 2. The summed E-state index contributed by atoms with van der Waals surface area (Å²) in [6.45, 7) is 1.64. The number of para-hydroxylation sites is 1. The van der Waals surface area contributed by atoms with Gasteiger partial charge in [0.05, 0.1) is 18.2 Å². The number of nitrogens with zero attached hydrogens (tertiary/aromatic N) is 1. The molecule has 0 radical (unpaired) electrons. The van der Waals surface area contributed by atoms with Crippen molar-refractivity contribution in [2.45, 2.75) is 19.6 Å². The molecule has 1 aromatic heterocycles. The number of carbonyl (C=O) groups is 2. The molecule has 142 valence electrons. The van der Waals surface area contributed by atoms with Crippen molar-refractivity contribution < 1.29 is 23.5 Å². The highest BCUT2D eigenvalue weighted by Crippen LogP contribution is 2.27. The van der Waals surface area contributed by atoms with Gasteiger partial charge in [0, 0.05) is 23.7 Å². The van der Waals surface area contributed by atoms with Gasteiger partial charge in [-0.15, -0.1) is 0 Å². The first-order chi connectivity index (χ1) is 13.5. The van der Waals surface area contributed by atoms with Gasteiger partial charge in [0.15, 0.2) is 6.10 Å². The number of anilines is 1. The van der Waals surface area contributed by atoms with Crippen LogP contribution >= 0.6 is 0 Å². The van der Waals surface area contributed by atoms with E-state index < -0.39 is 18.0 Å². The summed E-state index contributed by atoms with van der Waals surface area (Å²) in [4.78, 5) is 24.9. The molecular formula is C21H18N2O5. The van der Waals surface area contributed by atoms with Crippen LogP contribution < -0.4 is 5.32 Å². The number of amides is 1. The van der Waals surface area contributed by atoms with Gasteiger partial charge >= 0.3 is 5.97 Å². The Morgan fingerprint density at radius 2 is 1.89 bits per heavy atom. The van der Waals surface area contributed by atoms with Crippen LogP contribution in [0.2, 0.25) is 0 Å². The molecule has 0 aliphatic rings. The van der Waals surface area contributed by atoms with E-state index in [4.69, 9.17) is 19.2 Å². The van der Waals surface area contributed by atoms with Crippen molar-refractivity contribution in [1.82, 2.24) is 0 Å². The lowest BCUT2D eigenvalue weighted by molar-refractivity contribution is -0.123. The number of hydrogen-bond acceptors (Lipinski definition) is 6. The normalized spacial score (nSPS) is 11.6. The van der Waals surface area contributed by atoms with Crippen LogP contribution in [-0.2, 0) is 20.9 Å². The number of rotatable bonds is 6. The second kappa shape index (κ2) is 8.37. The molecular weight excluding hydrogens is 360 g/mol. The molecule has 0 saturated carbocycles. The Balaban J connectivity index is 1.73. The van der Waals surface area contributed by atoms with Crippen LogP contribution in [0.5, 0.6) is 0 Å². The summed E-state index contributed by atoms with van der Waals surface area (Å²) < 4.78 is 16.1. The highest BCUT2D eigenvalue weighted by molar-refractivity contribution is 5.99. The average Bonchev–Trinajstić information content (AvgIpc) is 3.07. The van der Waals surface area contributed by atoms with E-state index in [0.29, 0.717) is 22.4 Å². The molecule has 0 aliphatic heterocycles. The molecule has 0 unspecified atom stereocenters. The number of hydrogen-bond donors (Lipinski definition) is 1. The van der Waals surface area contributed by atoms with Gasteiger partial charge in [-0.1, -0.05) is 18.2 Å². The molecule has 7 nitrogen and oxygen atoms in total. The Labute approximate surface area is 161 Å². The van der Waals surface area contributed by atoms with Gasteiger partial charge in [-0.3, -0.25) is 4.79 Å². The summed E-state index contributed by atoms with van der Waals surface area (Å²) in [6.07, 6.45) is -1.05. The summed E-state index contributed by atoms with van der Waals surface area (Å²) >= 11 is 0. The molecule has 0 bridgehead atoms. The van der Waals surface area contributed by atoms with Gasteiger partial charge < -0.3 is 19.2 Å². The second-order valence-electron chi connectivity index (χ2n) is 6.06. The van der Waals surface area contributed by atoms with E-state index in [1.165, 1.54) is 14.0 Å². The van der Waals surface area contributed by atoms with Gasteiger partial charge in [0.25, 0.3) is 5.91 Å². The van der Waals surface area contributed by atoms with Gasteiger partial charge in [-0.25, -0.2) is 4.79 Å². The Morgan fingerprint density at radius 3 is 2.57 bits per heavy atom. The summed E-state index contributed by atoms with van der Waals surface area (Å²) in [5.41, 5.74) is 2.09. The molecule has 0 saturated heterocycles. The Morgan fingerprint density at radius 1 is 1.18 bits per heavy atom. The number of carbonyl (C=O) groups excluding carboxylic acids is 2. The van der Waals surface area contributed by atoms with Crippen molar-refractivity contribution in [3.05, 3.63) is 65.4 Å². The number of nitriles is 1. The SMILES string of the molecule is COCc1c(C(=O)O[C@H](C)C(=O)Nc2ccc(C#N)cc2)oc2ccccc12. The van der Waals surface area contributed by atoms with Crippen LogP contribution in [0.25, 0.3) is 11.0 Å². The predicted octanol–water partition coefficient (Wildman–Crippen LogP) is 3.63. The maximum absolute atomic E-state index is 12.6. The lowest BCUT2D eigenvalue weighted by Gasteiger charge is -2.13. The number of fused-ring (bicyclic) bond motifs is 1. The maximum atomic E-state index is 12.6. The summed E-state index contributed by atoms with van der Waals surface area (Å²) in [7, 11) is 1.52. The topological polar surface area (TPSA) is 102 Å². The lowest BCUT2D eigenvalue weighted by Crippen LogP contribution is -2.30. The molecule has 2 aromatic carbocycles. The molecule has 7 heteroatoms. The van der Waals surface area contributed by atoms with Crippen molar-refractivity contribution >= 4 is 28.5 Å². The third-order valence-corrected chi connectivity index (χ3v) is 4.11. The number of ether oxygens (including phenoxy) is 2. The monoisotopic (exact) mass is 378 g/mol. The first-order valence-corrected chi connectivity index (χ1v) is 8.55. The van der Waals surface area contributed by atoms with Crippen LogP contribution in [0.1, 0.15) is 28.6 Å². The average molecular weight is 378 g/mol. The molecule has 0 spiro atoms. The molecule has 3 aromatic rings. The molecule has 1 atom stereocenters. The van der Waals surface area contributed by atoms with Gasteiger partial charge in [0.1, 0.15) is 5.58 Å². The Kier molecular flexibility index (Phi) is 5.72. The second-order valence-corrected chi connectivity index (χ2v) is 6.06. The first kappa shape index (κ1) is 19.1. The summed E-state index contributed by atoms with van der Waals surface area (Å²) in [6, 6.07) is 15.6. The minimum Gasteiger partial charge on any atom is -0.449 e. The number of esters is 1. The Bertz CT molecular complexity index is 1050. The van der Waals surface area contributed by atoms with Crippen LogP contribution in [0.4, 0.5) is 5.69 Å². The van der Waals surface area contributed by atoms with Crippen molar-refractivity contribution in [2.75, 3.05) is 12.4 Å². The van der Waals surface area contributed by atoms with Gasteiger partial charge in [0.2, 0.25) is 5.76 Å². The van der Waals surface area contributed by atoms with E-state index in [-0.39, 0.29) is 12.4 Å². The maximum Gasteiger partial charge on any atom is 0.375 e. The molecule has 1 amide bonds.